The number of hydrogen-bond donors (Lipinski definition) is 0. The molecule has 0 saturated carbocycles. The van der Waals surface area contributed by atoms with Crippen LogP contribution in [0, 0.1) is 17.3 Å². The Bertz CT molecular complexity index is 1810. The molecule has 0 aromatic heterocycles. The van der Waals surface area contributed by atoms with Crippen LogP contribution in [0.5, 0.6) is 0 Å². The Balaban J connectivity index is 1.18. The summed E-state index contributed by atoms with van der Waals surface area (Å²) in [5.41, 5.74) is 12.3. The van der Waals surface area contributed by atoms with Gasteiger partial charge in [0.15, 0.2) is 0 Å². The molecule has 0 radical (unpaired) electrons. The first kappa shape index (κ1) is 24.4. The van der Waals surface area contributed by atoms with Crippen molar-refractivity contribution in [2.75, 3.05) is 0 Å². The quantitative estimate of drug-likeness (QED) is 0.316. The summed E-state index contributed by atoms with van der Waals surface area (Å²) < 4.78 is 0. The van der Waals surface area contributed by atoms with Gasteiger partial charge in [0.2, 0.25) is 0 Å². The van der Waals surface area contributed by atoms with Gasteiger partial charge in [0.25, 0.3) is 0 Å². The number of fused-ring (bicyclic) bond motifs is 2. The van der Waals surface area contributed by atoms with Crippen molar-refractivity contribution in [1.29, 1.82) is 0 Å². The summed E-state index contributed by atoms with van der Waals surface area (Å²) in [4.78, 5) is 0. The summed E-state index contributed by atoms with van der Waals surface area (Å²) in [5, 5.41) is 5.94. The molecule has 3 aromatic rings. The number of hydrogen-bond acceptors (Lipinski definition) is 0. The number of benzene rings is 3. The van der Waals surface area contributed by atoms with Crippen molar-refractivity contribution in [2.45, 2.75) is 71.6 Å². The van der Waals surface area contributed by atoms with E-state index in [2.05, 4.69) is 106 Å². The van der Waals surface area contributed by atoms with Gasteiger partial charge in [-0.3, -0.25) is 0 Å². The largest absolute Gasteiger partial charge is 0.0839 e. The highest BCUT2D eigenvalue weighted by molar-refractivity contribution is 5.95. The maximum absolute atomic E-state index is 2.59. The van der Waals surface area contributed by atoms with E-state index in [1.165, 1.54) is 92.3 Å². The second kappa shape index (κ2) is 9.07. The average molecular weight is 521 g/mol. The molecule has 5 aliphatic carbocycles. The van der Waals surface area contributed by atoms with Gasteiger partial charge in [-0.1, -0.05) is 106 Å². The minimum absolute atomic E-state index is 0.315. The lowest BCUT2D eigenvalue weighted by atomic mass is 9.68. The zero-order valence-electron chi connectivity index (χ0n) is 24.3. The third-order valence-electron chi connectivity index (χ3n) is 10.6. The normalized spacial score (nSPS) is 24.7. The summed E-state index contributed by atoms with van der Waals surface area (Å²) in [5.74, 6) is 2.03. The first-order chi connectivity index (χ1) is 19.4. The van der Waals surface area contributed by atoms with Crippen molar-refractivity contribution in [3.05, 3.63) is 111 Å². The van der Waals surface area contributed by atoms with E-state index in [1.54, 1.807) is 5.56 Å². The molecule has 0 nitrogen and oxygen atoms in total. The van der Waals surface area contributed by atoms with E-state index in [0.29, 0.717) is 17.3 Å². The predicted octanol–water partition coefficient (Wildman–Crippen LogP) is 9.12. The molecule has 0 saturated heterocycles. The van der Waals surface area contributed by atoms with Crippen LogP contribution in [0.15, 0.2) is 72.3 Å². The fraction of sp³-hybridized carbons (Fsp3) is 0.350. The molecule has 0 spiro atoms. The Kier molecular flexibility index (Phi) is 5.54. The van der Waals surface area contributed by atoms with Crippen LogP contribution in [0.1, 0.15) is 93.0 Å². The summed E-state index contributed by atoms with van der Waals surface area (Å²) in [6, 6.07) is 16.8. The van der Waals surface area contributed by atoms with Crippen molar-refractivity contribution in [3.8, 4) is 0 Å². The molecular formula is C40H40. The van der Waals surface area contributed by atoms with E-state index in [-0.39, 0.29) is 0 Å². The smallest absolute Gasteiger partial charge is 0.00676 e. The van der Waals surface area contributed by atoms with E-state index < -0.39 is 0 Å². The summed E-state index contributed by atoms with van der Waals surface area (Å²) in [6.45, 7) is 7.21. The lowest BCUT2D eigenvalue weighted by Crippen LogP contribution is -2.33. The molecule has 0 bridgehead atoms. The van der Waals surface area contributed by atoms with Crippen molar-refractivity contribution >= 4 is 40.1 Å². The molecule has 3 unspecified atom stereocenters. The molecule has 40 heavy (non-hydrogen) atoms. The Morgan fingerprint density at radius 3 is 2.62 bits per heavy atom. The first-order valence-electron chi connectivity index (χ1n) is 15.6. The molecule has 5 aliphatic rings. The maximum atomic E-state index is 2.59. The van der Waals surface area contributed by atoms with Crippen molar-refractivity contribution in [1.82, 2.24) is 0 Å². The van der Waals surface area contributed by atoms with Gasteiger partial charge in [-0.05, 0) is 134 Å². The number of aryl methyl sites for hydroxylation is 1. The minimum Gasteiger partial charge on any atom is -0.0839 e. The SMILES string of the molecule is CC(C)(C)C1C=c2ccc3ccc(C4=Cc5ccc(C6=CC7=CC=CCC7CC6)cc5CC4)c4c3c2C(CC=4)C1. The second-order valence-corrected chi connectivity index (χ2v) is 14.0. The number of allylic oxidation sites excluding steroid dienone is 7. The van der Waals surface area contributed by atoms with Crippen molar-refractivity contribution in [3.63, 3.8) is 0 Å². The molecule has 0 heterocycles. The zero-order chi connectivity index (χ0) is 27.0. The Hall–Kier alpha value is -3.38. The third-order valence-corrected chi connectivity index (χ3v) is 10.6. The average Bonchev–Trinajstić information content (AvgIpc) is 2.98. The Morgan fingerprint density at radius 2 is 1.73 bits per heavy atom. The standard InChI is InChI=1S/C40H40/c1-40(2,3)35-23-33-15-9-26-16-18-36(37-19-17-34(24-35)38(33)39(26)37)32-14-13-30-21-29(11-12-31(30)22-32)28-10-8-25-6-4-5-7-27(25)20-28/h4-5,7,9,11-12,15-16,18-23,25,34-35H,6,8,10,13-14,17,24H2,1-3H3. The van der Waals surface area contributed by atoms with Gasteiger partial charge in [0.05, 0.1) is 0 Å². The van der Waals surface area contributed by atoms with Crippen LogP contribution in [0.4, 0.5) is 0 Å². The van der Waals surface area contributed by atoms with Gasteiger partial charge < -0.3 is 0 Å². The molecule has 8 rings (SSSR count). The van der Waals surface area contributed by atoms with Crippen LogP contribution in [-0.4, -0.2) is 0 Å². The highest BCUT2D eigenvalue weighted by Crippen LogP contribution is 2.43. The van der Waals surface area contributed by atoms with Crippen LogP contribution >= 0.6 is 0 Å². The van der Waals surface area contributed by atoms with Gasteiger partial charge >= 0.3 is 0 Å². The molecule has 200 valence electrons. The van der Waals surface area contributed by atoms with Crippen LogP contribution in [0.3, 0.4) is 0 Å². The molecular weight excluding hydrogens is 480 g/mol. The van der Waals surface area contributed by atoms with Crippen molar-refractivity contribution in [2.24, 2.45) is 17.3 Å². The van der Waals surface area contributed by atoms with E-state index in [4.69, 9.17) is 0 Å². The molecule has 3 aromatic carbocycles. The Labute approximate surface area is 239 Å². The lowest BCUT2D eigenvalue weighted by molar-refractivity contribution is 0.274. The predicted molar refractivity (Wildman–Crippen MR) is 172 cm³/mol. The Morgan fingerprint density at radius 1 is 0.825 bits per heavy atom. The van der Waals surface area contributed by atoms with Gasteiger partial charge in [-0.25, -0.2) is 0 Å². The number of rotatable bonds is 2. The van der Waals surface area contributed by atoms with Crippen LogP contribution in [-0.2, 0) is 6.42 Å². The fourth-order valence-corrected chi connectivity index (χ4v) is 8.23. The third kappa shape index (κ3) is 3.94. The summed E-state index contributed by atoms with van der Waals surface area (Å²) in [6.07, 6.45) is 25.4. The molecule has 3 atom stereocenters. The van der Waals surface area contributed by atoms with Gasteiger partial charge in [0, 0.05) is 0 Å². The minimum atomic E-state index is 0.315. The van der Waals surface area contributed by atoms with E-state index in [0.717, 1.165) is 18.8 Å². The zero-order valence-corrected chi connectivity index (χ0v) is 24.3. The lowest BCUT2D eigenvalue weighted by Gasteiger charge is -2.36. The summed E-state index contributed by atoms with van der Waals surface area (Å²) >= 11 is 0. The van der Waals surface area contributed by atoms with Crippen LogP contribution < -0.4 is 10.4 Å². The monoisotopic (exact) mass is 520 g/mol. The summed E-state index contributed by atoms with van der Waals surface area (Å²) in [7, 11) is 0. The molecule has 0 amide bonds. The van der Waals surface area contributed by atoms with E-state index in [1.807, 2.05) is 0 Å². The van der Waals surface area contributed by atoms with Crippen molar-refractivity contribution < 1.29 is 0 Å². The molecule has 0 fully saturated rings. The fourth-order valence-electron chi connectivity index (χ4n) is 8.23. The molecule has 0 N–H and O–H groups in total. The molecule has 0 heteroatoms. The highest BCUT2D eigenvalue weighted by atomic mass is 14.4. The van der Waals surface area contributed by atoms with Gasteiger partial charge in [-0.2, -0.15) is 0 Å². The van der Waals surface area contributed by atoms with E-state index >= 15 is 0 Å². The van der Waals surface area contributed by atoms with Crippen LogP contribution in [0.25, 0.3) is 40.1 Å². The second-order valence-electron chi connectivity index (χ2n) is 14.0. The van der Waals surface area contributed by atoms with E-state index in [9.17, 15) is 0 Å². The maximum Gasteiger partial charge on any atom is -0.00676 e. The van der Waals surface area contributed by atoms with Gasteiger partial charge in [0.1, 0.15) is 0 Å². The van der Waals surface area contributed by atoms with Gasteiger partial charge in [-0.15, -0.1) is 0 Å². The van der Waals surface area contributed by atoms with Crippen LogP contribution in [0.2, 0.25) is 0 Å². The highest BCUT2D eigenvalue weighted by Gasteiger charge is 2.32. The molecule has 0 aliphatic heterocycles. The first-order valence-corrected chi connectivity index (χ1v) is 15.6. The topological polar surface area (TPSA) is 0 Å².